The molecule has 3 aliphatic heterocycles. The third-order valence-corrected chi connectivity index (χ3v) is 16.9. The van der Waals surface area contributed by atoms with Crippen LogP contribution < -0.4 is 0 Å². The van der Waals surface area contributed by atoms with Crippen LogP contribution in [0.25, 0.3) is 0 Å². The summed E-state index contributed by atoms with van der Waals surface area (Å²) in [6.07, 6.45) is -3.75. The molecule has 0 aliphatic carbocycles. The number of carbonyl (C=O) groups excluding carboxylic acids is 4. The Morgan fingerprint density at radius 2 is 1.03 bits per heavy atom. The third-order valence-electron chi connectivity index (χ3n) is 12.4. The Bertz CT molecular complexity index is 1460. The van der Waals surface area contributed by atoms with Gasteiger partial charge >= 0.3 is 23.9 Å². The zero-order chi connectivity index (χ0) is 48.6. The van der Waals surface area contributed by atoms with Gasteiger partial charge in [0.15, 0.2) is 44.5 Å². The number of unbranched alkanes of at least 4 members (excludes halogenated alkanes) is 8. The Labute approximate surface area is 390 Å². The quantitative estimate of drug-likeness (QED) is 0.0257. The summed E-state index contributed by atoms with van der Waals surface area (Å²) in [6, 6.07) is 0. The highest BCUT2D eigenvalue weighted by atomic mass is 28.4. The van der Waals surface area contributed by atoms with Crippen LogP contribution in [0.3, 0.4) is 0 Å². The lowest BCUT2D eigenvalue weighted by Gasteiger charge is -2.45. The minimum Gasteiger partial charge on any atom is -0.463 e. The summed E-state index contributed by atoms with van der Waals surface area (Å²) in [6.45, 7) is 25.5. The van der Waals surface area contributed by atoms with E-state index >= 15 is 0 Å². The van der Waals surface area contributed by atoms with Crippen LogP contribution >= 0.6 is 0 Å². The number of esters is 4. The van der Waals surface area contributed by atoms with Gasteiger partial charge in [-0.3, -0.25) is 19.2 Å². The summed E-state index contributed by atoms with van der Waals surface area (Å²) in [4.78, 5) is 53.8. The summed E-state index contributed by atoms with van der Waals surface area (Å²) < 4.78 is 69.1. The maximum absolute atomic E-state index is 13.7. The first-order chi connectivity index (χ1) is 30.5. The summed E-state index contributed by atoms with van der Waals surface area (Å²) in [5, 5.41) is 12.1. The van der Waals surface area contributed by atoms with E-state index in [1.54, 1.807) is 27.7 Å². The van der Waals surface area contributed by atoms with Crippen LogP contribution in [0.5, 0.6) is 0 Å². The maximum atomic E-state index is 13.7. The highest BCUT2D eigenvalue weighted by molar-refractivity contribution is 6.74. The van der Waals surface area contributed by atoms with Crippen molar-refractivity contribution in [2.75, 3.05) is 13.2 Å². The fourth-order valence-electron chi connectivity index (χ4n) is 7.76. The Morgan fingerprint density at radius 3 is 1.52 bits per heavy atom. The van der Waals surface area contributed by atoms with Crippen LogP contribution in [0.4, 0.5) is 0 Å². The van der Waals surface area contributed by atoms with Gasteiger partial charge in [-0.1, -0.05) is 99.8 Å². The molecular weight excluding hydrogens is 861 g/mol. The van der Waals surface area contributed by atoms with Crippen molar-refractivity contribution in [1.82, 2.24) is 0 Å². The van der Waals surface area contributed by atoms with E-state index in [-0.39, 0.29) is 37.3 Å². The molecule has 3 rings (SSSR count). The van der Waals surface area contributed by atoms with Crippen molar-refractivity contribution in [1.29, 1.82) is 0 Å². The average Bonchev–Trinajstić information content (AvgIpc) is 3.72. The number of aliphatic hydroxyl groups is 1. The van der Waals surface area contributed by atoms with E-state index in [4.69, 9.17) is 51.8 Å². The van der Waals surface area contributed by atoms with Crippen LogP contribution in [0.15, 0.2) is 0 Å². The number of carbonyl (C=O) groups is 4. The Morgan fingerprint density at radius 1 is 0.585 bits per heavy atom. The van der Waals surface area contributed by atoms with Crippen molar-refractivity contribution < 1.29 is 76.1 Å². The van der Waals surface area contributed by atoms with Gasteiger partial charge in [0.05, 0.1) is 6.61 Å². The molecule has 0 aromatic rings. The summed E-state index contributed by atoms with van der Waals surface area (Å²) in [5.74, 6) is -4.64. The molecular formula is C48H86O16Si. The SMILES string of the molecule is CCCCCC(=O)OC[C@H]1O[C@@H](OC(O)[C@H]2OC(C)(C)O[C@H]2[C@@H]2OC(C)(C)O[C@@H]2CO[Si](C)(C)C(C)(C)C)[C@@H](OC(=O)CCCCC)[C@@H](OC(=O)CCCCC)[C@@H]1OC(=O)CCCCC. The van der Waals surface area contributed by atoms with Gasteiger partial charge in [-0.05, 0) is 71.5 Å². The lowest BCUT2D eigenvalue weighted by molar-refractivity contribution is -0.347. The minimum atomic E-state index is -2.24. The molecule has 65 heavy (non-hydrogen) atoms. The van der Waals surface area contributed by atoms with E-state index in [9.17, 15) is 24.3 Å². The van der Waals surface area contributed by atoms with E-state index in [1.165, 1.54) is 0 Å². The molecule has 16 nitrogen and oxygen atoms in total. The maximum Gasteiger partial charge on any atom is 0.306 e. The van der Waals surface area contributed by atoms with Crippen LogP contribution in [0, 0.1) is 0 Å². The van der Waals surface area contributed by atoms with Crippen molar-refractivity contribution in [2.45, 2.75) is 270 Å². The number of aliphatic hydroxyl groups excluding tert-OH is 1. The highest BCUT2D eigenvalue weighted by Gasteiger charge is 2.59. The van der Waals surface area contributed by atoms with Crippen LogP contribution in [0.2, 0.25) is 18.1 Å². The fraction of sp³-hybridized carbons (Fsp3) is 0.917. The lowest BCUT2D eigenvalue weighted by Crippen LogP contribution is -2.64. The van der Waals surface area contributed by atoms with Crippen LogP contribution in [0.1, 0.15) is 179 Å². The van der Waals surface area contributed by atoms with E-state index < -0.39 is 112 Å². The van der Waals surface area contributed by atoms with Crippen molar-refractivity contribution in [3.63, 3.8) is 0 Å². The van der Waals surface area contributed by atoms with Crippen molar-refractivity contribution in [3.05, 3.63) is 0 Å². The van der Waals surface area contributed by atoms with Crippen molar-refractivity contribution in [2.24, 2.45) is 0 Å². The molecule has 3 fully saturated rings. The standard InChI is InChI=1S/C48H86O16Si/c1-14-18-22-26-34(49)54-30-32-38(57-35(50)27-23-19-15-2)40(58-36(51)28-24-20-16-3)43(59-37(52)29-25-21-17-4)45(56-32)60-44(53)42-41(63-48(10,11)64-42)39-33(61-47(8,9)62-39)31-55-65(12,13)46(5,6)7/h32-33,38-45,53H,14-31H2,1-13H3/t32-,33-,38-,39-,40+,41+,42+,43+,44?,45+/m1/s1. The third kappa shape index (κ3) is 18.3. The summed E-state index contributed by atoms with van der Waals surface area (Å²) in [7, 11) is -2.24. The predicted octanol–water partition coefficient (Wildman–Crippen LogP) is 8.71. The molecule has 0 aromatic carbocycles. The number of hydrogen-bond acceptors (Lipinski definition) is 16. The van der Waals surface area contributed by atoms with Crippen LogP contribution in [-0.2, 0) is 71.0 Å². The molecule has 378 valence electrons. The minimum absolute atomic E-state index is 0.0278. The van der Waals surface area contributed by atoms with E-state index in [2.05, 4.69) is 33.9 Å². The number of ether oxygens (including phenoxy) is 10. The zero-order valence-corrected chi connectivity index (χ0v) is 43.1. The lowest BCUT2D eigenvalue weighted by atomic mass is 9.97. The Kier molecular flexibility index (Phi) is 23.3. The monoisotopic (exact) mass is 947 g/mol. The van der Waals surface area contributed by atoms with Gasteiger partial charge in [-0.15, -0.1) is 0 Å². The van der Waals surface area contributed by atoms with E-state index in [0.717, 1.165) is 51.4 Å². The number of hydrogen-bond donors (Lipinski definition) is 1. The summed E-state index contributed by atoms with van der Waals surface area (Å²) >= 11 is 0. The summed E-state index contributed by atoms with van der Waals surface area (Å²) in [5.41, 5.74) is 0. The highest BCUT2D eigenvalue weighted by Crippen LogP contribution is 2.42. The molecule has 17 heteroatoms. The fourth-order valence-corrected chi connectivity index (χ4v) is 8.78. The second kappa shape index (κ2) is 26.5. The molecule has 0 saturated carbocycles. The number of rotatable bonds is 28. The topological polar surface area (TPSA) is 190 Å². The van der Waals surface area contributed by atoms with Gasteiger partial charge in [-0.25, -0.2) is 0 Å². The first-order valence-electron chi connectivity index (χ1n) is 24.6. The second-order valence-electron chi connectivity index (χ2n) is 20.2. The Hall–Kier alpha value is -2.22. The first-order valence-corrected chi connectivity index (χ1v) is 27.5. The first kappa shape index (κ1) is 57.1. The molecule has 3 heterocycles. The predicted molar refractivity (Wildman–Crippen MR) is 244 cm³/mol. The normalized spacial score (nSPS) is 28.1. The molecule has 10 atom stereocenters. The molecule has 3 saturated heterocycles. The molecule has 3 aliphatic rings. The Balaban J connectivity index is 2.09. The molecule has 1 unspecified atom stereocenters. The molecule has 0 amide bonds. The van der Waals surface area contributed by atoms with Crippen LogP contribution in [-0.4, -0.2) is 124 Å². The van der Waals surface area contributed by atoms with Crippen molar-refractivity contribution in [3.8, 4) is 0 Å². The molecule has 0 bridgehead atoms. The van der Waals surface area contributed by atoms with Gasteiger partial charge in [0, 0.05) is 25.7 Å². The molecule has 0 spiro atoms. The van der Waals surface area contributed by atoms with E-state index in [1.807, 2.05) is 27.7 Å². The zero-order valence-electron chi connectivity index (χ0n) is 42.1. The van der Waals surface area contributed by atoms with Gasteiger partial charge in [0.2, 0.25) is 6.29 Å². The smallest absolute Gasteiger partial charge is 0.306 e. The van der Waals surface area contributed by atoms with Gasteiger partial charge in [0.25, 0.3) is 0 Å². The van der Waals surface area contributed by atoms with E-state index in [0.29, 0.717) is 25.7 Å². The van der Waals surface area contributed by atoms with Crippen molar-refractivity contribution >= 4 is 32.2 Å². The molecule has 1 N–H and O–H groups in total. The molecule has 0 aromatic heterocycles. The largest absolute Gasteiger partial charge is 0.463 e. The molecule has 0 radical (unpaired) electrons. The van der Waals surface area contributed by atoms with Gasteiger partial charge < -0.3 is 56.9 Å². The second-order valence-corrected chi connectivity index (χ2v) is 25.0. The van der Waals surface area contributed by atoms with Gasteiger partial charge in [-0.2, -0.15) is 0 Å². The average molecular weight is 947 g/mol. The van der Waals surface area contributed by atoms with Gasteiger partial charge in [0.1, 0.15) is 37.1 Å².